The van der Waals surface area contributed by atoms with Gasteiger partial charge in [-0.1, -0.05) is 47.6 Å². The summed E-state index contributed by atoms with van der Waals surface area (Å²) in [4.78, 5) is 0. The highest BCUT2D eigenvalue weighted by atomic mass is 16.5. The van der Waals surface area contributed by atoms with E-state index in [0.717, 1.165) is 17.0 Å². The number of benzene rings is 2. The Kier molecular flexibility index (Phi) is 3.29. The Morgan fingerprint density at radius 3 is 2.79 bits per heavy atom. The molecular formula is C16H15NO2. The van der Waals surface area contributed by atoms with E-state index in [1.807, 2.05) is 24.3 Å². The van der Waals surface area contributed by atoms with Crippen molar-refractivity contribution in [1.82, 2.24) is 5.16 Å². The Hall–Kier alpha value is -2.13. The summed E-state index contributed by atoms with van der Waals surface area (Å²) in [6, 6.07) is 16.4. The molecule has 1 heterocycles. The Bertz CT molecular complexity index is 683. The highest BCUT2D eigenvalue weighted by Crippen LogP contribution is 2.28. The molecule has 0 atom stereocenters. The smallest absolute Gasteiger partial charge is 0.137 e. The second-order valence-corrected chi connectivity index (χ2v) is 4.53. The zero-order valence-electron chi connectivity index (χ0n) is 10.5. The largest absolute Gasteiger partial charge is 0.396 e. The second-order valence-electron chi connectivity index (χ2n) is 4.53. The van der Waals surface area contributed by atoms with Gasteiger partial charge in [0.2, 0.25) is 0 Å². The molecule has 1 aromatic heterocycles. The van der Waals surface area contributed by atoms with Crippen LogP contribution in [-0.4, -0.2) is 16.9 Å². The van der Waals surface area contributed by atoms with E-state index in [0.29, 0.717) is 12.8 Å². The van der Waals surface area contributed by atoms with Crippen molar-refractivity contribution >= 4 is 10.8 Å². The molecule has 3 nitrogen and oxygen atoms in total. The normalized spacial score (nSPS) is 11.0. The number of hydrogen-bond donors (Lipinski definition) is 1. The van der Waals surface area contributed by atoms with Crippen LogP contribution in [0.2, 0.25) is 0 Å². The molecule has 0 spiro atoms. The van der Waals surface area contributed by atoms with Gasteiger partial charge >= 0.3 is 0 Å². The van der Waals surface area contributed by atoms with Crippen LogP contribution in [0.25, 0.3) is 22.0 Å². The molecule has 3 heteroatoms. The third-order valence-corrected chi connectivity index (χ3v) is 3.21. The highest BCUT2D eigenvalue weighted by molar-refractivity contribution is 5.95. The van der Waals surface area contributed by atoms with E-state index in [9.17, 15) is 0 Å². The van der Waals surface area contributed by atoms with Crippen LogP contribution in [0, 0.1) is 0 Å². The molecule has 0 aliphatic heterocycles. The zero-order valence-corrected chi connectivity index (χ0v) is 10.5. The Labute approximate surface area is 111 Å². The number of aliphatic hydroxyl groups is 1. The van der Waals surface area contributed by atoms with Crippen molar-refractivity contribution in [3.05, 3.63) is 54.3 Å². The molecule has 2 aromatic carbocycles. The Morgan fingerprint density at radius 1 is 1.05 bits per heavy atom. The monoisotopic (exact) mass is 253 g/mol. The standard InChI is InChI=1S/C16H15NO2/c18-10-4-7-13-11-16(17-19-13)15-9-3-6-12-5-1-2-8-14(12)15/h1-3,5-6,8-9,11,18H,4,7,10H2. The molecule has 3 rings (SSSR count). The van der Waals surface area contributed by atoms with Crippen LogP contribution in [0.15, 0.2) is 53.1 Å². The molecule has 3 aromatic rings. The number of fused-ring (bicyclic) bond motifs is 1. The number of nitrogens with zero attached hydrogens (tertiary/aromatic N) is 1. The van der Waals surface area contributed by atoms with Gasteiger partial charge in [0, 0.05) is 24.7 Å². The lowest BCUT2D eigenvalue weighted by Crippen LogP contribution is -1.86. The molecule has 0 fully saturated rings. The zero-order chi connectivity index (χ0) is 13.1. The van der Waals surface area contributed by atoms with Crippen LogP contribution < -0.4 is 0 Å². The Morgan fingerprint density at radius 2 is 1.89 bits per heavy atom. The third kappa shape index (κ3) is 2.37. The molecule has 0 aliphatic rings. The van der Waals surface area contributed by atoms with Crippen LogP contribution >= 0.6 is 0 Å². The van der Waals surface area contributed by atoms with Crippen molar-refractivity contribution < 1.29 is 9.63 Å². The summed E-state index contributed by atoms with van der Waals surface area (Å²) in [6.45, 7) is 0.171. The molecule has 19 heavy (non-hydrogen) atoms. The lowest BCUT2D eigenvalue weighted by Gasteiger charge is -2.02. The summed E-state index contributed by atoms with van der Waals surface area (Å²) in [6.07, 6.45) is 1.42. The van der Waals surface area contributed by atoms with E-state index in [1.165, 1.54) is 10.8 Å². The van der Waals surface area contributed by atoms with E-state index in [-0.39, 0.29) is 6.61 Å². The minimum Gasteiger partial charge on any atom is -0.396 e. The van der Waals surface area contributed by atoms with Crippen LogP contribution in [0.1, 0.15) is 12.2 Å². The van der Waals surface area contributed by atoms with Crippen molar-refractivity contribution in [1.29, 1.82) is 0 Å². The van der Waals surface area contributed by atoms with Crippen LogP contribution in [0.5, 0.6) is 0 Å². The first-order valence-corrected chi connectivity index (χ1v) is 6.43. The summed E-state index contributed by atoms with van der Waals surface area (Å²) in [5, 5.41) is 15.3. The van der Waals surface area contributed by atoms with Gasteiger partial charge in [-0.2, -0.15) is 0 Å². The van der Waals surface area contributed by atoms with E-state index in [2.05, 4.69) is 29.4 Å². The Balaban J connectivity index is 2.02. The van der Waals surface area contributed by atoms with Gasteiger partial charge < -0.3 is 9.63 Å². The van der Waals surface area contributed by atoms with Crippen LogP contribution in [0.4, 0.5) is 0 Å². The fourth-order valence-corrected chi connectivity index (χ4v) is 2.26. The molecule has 0 bridgehead atoms. The predicted molar refractivity (Wildman–Crippen MR) is 74.9 cm³/mol. The number of aromatic nitrogens is 1. The van der Waals surface area contributed by atoms with E-state index in [4.69, 9.17) is 9.63 Å². The molecule has 0 unspecified atom stereocenters. The number of rotatable bonds is 4. The summed E-state index contributed by atoms with van der Waals surface area (Å²) < 4.78 is 5.31. The quantitative estimate of drug-likeness (QED) is 0.775. The maximum absolute atomic E-state index is 8.83. The molecule has 0 amide bonds. The molecule has 0 aliphatic carbocycles. The average molecular weight is 253 g/mol. The topological polar surface area (TPSA) is 46.3 Å². The van der Waals surface area contributed by atoms with E-state index < -0.39 is 0 Å². The fourth-order valence-electron chi connectivity index (χ4n) is 2.26. The van der Waals surface area contributed by atoms with Gasteiger partial charge in [0.15, 0.2) is 0 Å². The van der Waals surface area contributed by atoms with Crippen molar-refractivity contribution in [3.8, 4) is 11.3 Å². The van der Waals surface area contributed by atoms with Crippen molar-refractivity contribution in [2.75, 3.05) is 6.61 Å². The molecule has 0 saturated heterocycles. The number of aryl methyl sites for hydroxylation is 1. The van der Waals surface area contributed by atoms with Gasteiger partial charge in [-0.05, 0) is 17.2 Å². The van der Waals surface area contributed by atoms with Gasteiger partial charge in [-0.25, -0.2) is 0 Å². The van der Waals surface area contributed by atoms with E-state index in [1.54, 1.807) is 0 Å². The number of hydrogen-bond acceptors (Lipinski definition) is 3. The first-order chi connectivity index (χ1) is 9.38. The first-order valence-electron chi connectivity index (χ1n) is 6.43. The minimum absolute atomic E-state index is 0.171. The molecule has 0 saturated carbocycles. The van der Waals surface area contributed by atoms with Crippen LogP contribution in [0.3, 0.4) is 0 Å². The predicted octanol–water partition coefficient (Wildman–Crippen LogP) is 3.42. The minimum atomic E-state index is 0.171. The first kappa shape index (κ1) is 11.9. The molecule has 96 valence electrons. The molecular weight excluding hydrogens is 238 g/mol. The van der Waals surface area contributed by atoms with Gasteiger partial charge in [0.05, 0.1) is 0 Å². The van der Waals surface area contributed by atoms with E-state index >= 15 is 0 Å². The van der Waals surface area contributed by atoms with Crippen molar-refractivity contribution in [2.24, 2.45) is 0 Å². The average Bonchev–Trinajstić information content (AvgIpc) is 2.93. The second kappa shape index (κ2) is 5.24. The van der Waals surface area contributed by atoms with Crippen molar-refractivity contribution in [2.45, 2.75) is 12.8 Å². The van der Waals surface area contributed by atoms with Crippen LogP contribution in [-0.2, 0) is 6.42 Å². The van der Waals surface area contributed by atoms with Crippen molar-refractivity contribution in [3.63, 3.8) is 0 Å². The van der Waals surface area contributed by atoms with Gasteiger partial charge in [0.25, 0.3) is 0 Å². The lowest BCUT2D eigenvalue weighted by atomic mass is 10.0. The third-order valence-electron chi connectivity index (χ3n) is 3.21. The summed E-state index contributed by atoms with van der Waals surface area (Å²) in [7, 11) is 0. The van der Waals surface area contributed by atoms with Gasteiger partial charge in [-0.15, -0.1) is 0 Å². The van der Waals surface area contributed by atoms with Gasteiger partial charge in [0.1, 0.15) is 11.5 Å². The maximum Gasteiger partial charge on any atom is 0.137 e. The number of aliphatic hydroxyl groups excluding tert-OH is 1. The highest BCUT2D eigenvalue weighted by Gasteiger charge is 2.09. The maximum atomic E-state index is 8.83. The summed E-state index contributed by atoms with van der Waals surface area (Å²) in [5.74, 6) is 0.817. The fraction of sp³-hybridized carbons (Fsp3) is 0.188. The molecule has 1 N–H and O–H groups in total. The van der Waals surface area contributed by atoms with Gasteiger partial charge in [-0.3, -0.25) is 0 Å². The lowest BCUT2D eigenvalue weighted by molar-refractivity contribution is 0.280. The molecule has 0 radical (unpaired) electrons. The summed E-state index contributed by atoms with van der Waals surface area (Å²) in [5.41, 5.74) is 1.93. The SMILES string of the molecule is OCCCc1cc(-c2cccc3ccccc23)no1. The summed E-state index contributed by atoms with van der Waals surface area (Å²) >= 11 is 0.